The van der Waals surface area contributed by atoms with E-state index in [-0.39, 0.29) is 0 Å². The van der Waals surface area contributed by atoms with Gasteiger partial charge >= 0.3 is 12.3 Å². The van der Waals surface area contributed by atoms with Crippen LogP contribution in [0, 0.1) is 0 Å². The zero-order chi connectivity index (χ0) is 14.8. The molecule has 0 aliphatic carbocycles. The van der Waals surface area contributed by atoms with Crippen LogP contribution in [0.1, 0.15) is 11.1 Å². The smallest absolute Gasteiger partial charge is 0.389 e. The third-order valence-electron chi connectivity index (χ3n) is 3.24. The van der Waals surface area contributed by atoms with E-state index in [1.54, 1.807) is 18.2 Å². The fourth-order valence-electron chi connectivity index (χ4n) is 2.20. The molecule has 21 heavy (non-hydrogen) atoms. The number of rotatable bonds is 1. The molecule has 4 nitrogen and oxygen atoms in total. The molecular weight excluding hydrogens is 292 g/mol. The van der Waals surface area contributed by atoms with Gasteiger partial charge in [0.25, 0.3) is 0 Å². The van der Waals surface area contributed by atoms with Crippen molar-refractivity contribution in [3.63, 3.8) is 0 Å². The van der Waals surface area contributed by atoms with E-state index in [0.717, 1.165) is 11.1 Å². The van der Waals surface area contributed by atoms with Gasteiger partial charge in [0.05, 0.1) is 7.11 Å². The molecule has 1 heterocycles. The summed E-state index contributed by atoms with van der Waals surface area (Å²) >= 11 is 6.00. The first-order chi connectivity index (χ1) is 10.2. The molecule has 2 aromatic rings. The Morgan fingerprint density at radius 2 is 1.86 bits per heavy atom. The molecular formula is C16H13ClO4. The first-order valence-corrected chi connectivity index (χ1v) is 6.82. The number of hydrogen-bond donors (Lipinski definition) is 0. The van der Waals surface area contributed by atoms with Crippen molar-refractivity contribution in [2.24, 2.45) is 0 Å². The monoisotopic (exact) mass is 304 g/mol. The molecule has 0 saturated carbocycles. The van der Waals surface area contributed by atoms with Crippen LogP contribution >= 0.6 is 11.6 Å². The van der Waals surface area contributed by atoms with Crippen molar-refractivity contribution in [3.8, 4) is 11.5 Å². The first kappa shape index (κ1) is 13.8. The van der Waals surface area contributed by atoms with Crippen molar-refractivity contribution in [1.82, 2.24) is 0 Å². The zero-order valence-electron chi connectivity index (χ0n) is 11.3. The molecule has 0 bridgehead atoms. The molecule has 0 radical (unpaired) electrons. The van der Waals surface area contributed by atoms with Gasteiger partial charge in [-0.1, -0.05) is 35.9 Å². The third kappa shape index (κ3) is 2.81. The quantitative estimate of drug-likeness (QED) is 0.759. The van der Waals surface area contributed by atoms with E-state index in [2.05, 4.69) is 0 Å². The van der Waals surface area contributed by atoms with Crippen molar-refractivity contribution in [3.05, 3.63) is 58.6 Å². The summed E-state index contributed by atoms with van der Waals surface area (Å²) in [6.07, 6.45) is -0.523. The Labute approximate surface area is 127 Å². The second kappa shape index (κ2) is 5.66. The van der Waals surface area contributed by atoms with E-state index in [1.165, 1.54) is 7.11 Å². The van der Waals surface area contributed by atoms with Crippen LogP contribution in [0.4, 0.5) is 0 Å². The molecule has 5 heteroatoms. The van der Waals surface area contributed by atoms with Gasteiger partial charge < -0.3 is 14.2 Å². The molecule has 0 fully saturated rings. The van der Waals surface area contributed by atoms with Gasteiger partial charge in [-0.3, -0.25) is 0 Å². The van der Waals surface area contributed by atoms with E-state index in [1.807, 2.05) is 24.3 Å². The van der Waals surface area contributed by atoms with Crippen LogP contribution in [0.2, 0.25) is 5.02 Å². The van der Waals surface area contributed by atoms with Crippen molar-refractivity contribution in [2.45, 2.75) is 12.7 Å². The molecule has 0 amide bonds. The highest BCUT2D eigenvalue weighted by Crippen LogP contribution is 2.32. The molecule has 1 aliphatic heterocycles. The van der Waals surface area contributed by atoms with Crippen LogP contribution in [0.5, 0.6) is 11.5 Å². The second-order valence-electron chi connectivity index (χ2n) is 4.63. The average molecular weight is 305 g/mol. The van der Waals surface area contributed by atoms with Crippen LogP contribution in [-0.4, -0.2) is 19.4 Å². The number of hydrogen-bond acceptors (Lipinski definition) is 4. The molecule has 3 rings (SSSR count). The summed E-state index contributed by atoms with van der Waals surface area (Å²) in [5.74, 6) is 0.526. The Kier molecular flexibility index (Phi) is 3.71. The Bertz CT molecular complexity index is 684. The molecule has 0 spiro atoms. The minimum absolute atomic E-state index is 0.521. The highest BCUT2D eigenvalue weighted by molar-refractivity contribution is 6.30. The molecule has 0 aromatic heterocycles. The standard InChI is InChI=1S/C16H13ClO4/c1-19-15(18)16-20-13-5-3-2-4-10(13)8-11-6-7-12(17)9-14(11)21-16/h2-7,9,16H,8H2,1H3. The Balaban J connectivity index is 2.09. The normalized spacial score (nSPS) is 16.4. The van der Waals surface area contributed by atoms with Crippen molar-refractivity contribution >= 4 is 17.6 Å². The topological polar surface area (TPSA) is 44.8 Å². The average Bonchev–Trinajstić information content (AvgIpc) is 2.47. The van der Waals surface area contributed by atoms with Crippen molar-refractivity contribution in [1.29, 1.82) is 0 Å². The van der Waals surface area contributed by atoms with E-state index >= 15 is 0 Å². The van der Waals surface area contributed by atoms with Gasteiger partial charge in [0.2, 0.25) is 0 Å². The number of carbonyl (C=O) groups excluding carboxylic acids is 1. The highest BCUT2D eigenvalue weighted by Gasteiger charge is 2.27. The lowest BCUT2D eigenvalue weighted by Gasteiger charge is -2.24. The molecule has 1 atom stereocenters. The molecule has 2 aromatic carbocycles. The summed E-state index contributed by atoms with van der Waals surface area (Å²) in [6, 6.07) is 12.9. The Morgan fingerprint density at radius 1 is 1.14 bits per heavy atom. The van der Waals surface area contributed by atoms with Gasteiger partial charge in [-0.05, 0) is 29.3 Å². The van der Waals surface area contributed by atoms with Crippen LogP contribution in [0.3, 0.4) is 0 Å². The lowest BCUT2D eigenvalue weighted by Crippen LogP contribution is -2.35. The number of esters is 1. The maximum Gasteiger partial charge on any atom is 0.389 e. The largest absolute Gasteiger partial charge is 0.463 e. The maximum absolute atomic E-state index is 11.8. The van der Waals surface area contributed by atoms with Crippen molar-refractivity contribution in [2.75, 3.05) is 7.11 Å². The van der Waals surface area contributed by atoms with Crippen LogP contribution in [-0.2, 0) is 16.0 Å². The van der Waals surface area contributed by atoms with Crippen LogP contribution < -0.4 is 9.47 Å². The fraction of sp³-hybridized carbons (Fsp3) is 0.188. The van der Waals surface area contributed by atoms with E-state index < -0.39 is 12.3 Å². The summed E-state index contributed by atoms with van der Waals surface area (Å²) in [5.41, 5.74) is 1.90. The maximum atomic E-state index is 11.8. The van der Waals surface area contributed by atoms with Gasteiger partial charge in [0, 0.05) is 11.4 Å². The number of halogens is 1. The number of para-hydroxylation sites is 1. The van der Waals surface area contributed by atoms with Crippen LogP contribution in [0.25, 0.3) is 0 Å². The SMILES string of the molecule is COC(=O)C1Oc2ccccc2Cc2ccc(Cl)cc2O1. The van der Waals surface area contributed by atoms with E-state index in [0.29, 0.717) is 22.9 Å². The second-order valence-corrected chi connectivity index (χ2v) is 5.06. The lowest BCUT2D eigenvalue weighted by atomic mass is 10.0. The van der Waals surface area contributed by atoms with Gasteiger partial charge in [-0.25, -0.2) is 4.79 Å². The molecule has 1 unspecified atom stereocenters. The molecule has 0 saturated heterocycles. The number of fused-ring (bicyclic) bond motifs is 2. The minimum Gasteiger partial charge on any atom is -0.463 e. The molecule has 1 aliphatic rings. The number of benzene rings is 2. The number of ether oxygens (including phenoxy) is 3. The zero-order valence-corrected chi connectivity index (χ0v) is 12.1. The first-order valence-electron chi connectivity index (χ1n) is 6.45. The van der Waals surface area contributed by atoms with Gasteiger partial charge in [0.15, 0.2) is 0 Å². The number of carbonyl (C=O) groups is 1. The van der Waals surface area contributed by atoms with Crippen molar-refractivity contribution < 1.29 is 19.0 Å². The summed E-state index contributed by atoms with van der Waals surface area (Å²) < 4.78 is 16.0. The summed E-state index contributed by atoms with van der Waals surface area (Å²) in [7, 11) is 1.29. The summed E-state index contributed by atoms with van der Waals surface area (Å²) in [4.78, 5) is 11.8. The predicted octanol–water partition coefficient (Wildman–Crippen LogP) is 3.20. The number of methoxy groups -OCH3 is 1. The summed E-state index contributed by atoms with van der Waals surface area (Å²) in [5, 5.41) is 0.534. The van der Waals surface area contributed by atoms with E-state index in [4.69, 9.17) is 25.8 Å². The molecule has 108 valence electrons. The fourth-order valence-corrected chi connectivity index (χ4v) is 2.36. The Hall–Kier alpha value is -2.20. The third-order valence-corrected chi connectivity index (χ3v) is 3.48. The molecule has 0 N–H and O–H groups in total. The van der Waals surface area contributed by atoms with Gasteiger partial charge in [0.1, 0.15) is 11.5 Å². The van der Waals surface area contributed by atoms with Gasteiger partial charge in [-0.2, -0.15) is 0 Å². The summed E-state index contributed by atoms with van der Waals surface area (Å²) in [6.45, 7) is 0. The lowest BCUT2D eigenvalue weighted by molar-refractivity contribution is -0.162. The van der Waals surface area contributed by atoms with Crippen LogP contribution in [0.15, 0.2) is 42.5 Å². The minimum atomic E-state index is -1.16. The Morgan fingerprint density at radius 3 is 2.67 bits per heavy atom. The van der Waals surface area contributed by atoms with E-state index in [9.17, 15) is 4.79 Å². The van der Waals surface area contributed by atoms with Gasteiger partial charge in [-0.15, -0.1) is 0 Å². The predicted molar refractivity (Wildman–Crippen MR) is 77.8 cm³/mol. The highest BCUT2D eigenvalue weighted by atomic mass is 35.5.